The maximum Gasteiger partial charge on any atom is 0.173 e. The van der Waals surface area contributed by atoms with Gasteiger partial charge in [-0.2, -0.15) is 10.5 Å². The molecule has 0 N–H and O–H groups in total. The van der Waals surface area contributed by atoms with Gasteiger partial charge in [-0.05, 0) is 164 Å². The van der Waals surface area contributed by atoms with Crippen molar-refractivity contribution in [3.8, 4) is 53.5 Å². The molecule has 0 bridgehead atoms. The Hall–Kier alpha value is -8.28. The highest BCUT2D eigenvalue weighted by atomic mass is 32.2. The molecule has 6 heterocycles. The standard InChI is InChI=1S/C75H52N6OS7/c1-39-13-21-46(22-14-39)74(47-23-15-40(2)16-24-47)55-34-54-56(33-53(55)52-31-44-32-60(85-58(44)35-57(52)74)67-81-72-71(89-67)79-43(5)84-72)75(48-25-17-41(3)18-26-48,49-27-19-42(4)20-28-49)63-64(54)86-59-36-61(87-65(59)63)68-80-70(83-7)69(88-68)78-30-10-29-73(6)62(45(37-76)38-77)50-11-8-9-12-51(50)66(73)82/h8-9,11-28,30-36H,10,29H2,1-7H3. The lowest BCUT2D eigenvalue weighted by Gasteiger charge is -2.35. The molecular weight excluding hydrogens is 1230 g/mol. The van der Waals surface area contributed by atoms with Crippen molar-refractivity contribution in [1.29, 1.82) is 10.5 Å². The second-order valence-corrected chi connectivity index (χ2v) is 30.9. The van der Waals surface area contributed by atoms with Crippen LogP contribution in [-0.2, 0) is 10.8 Å². The average molecular weight is 1280 g/mol. The van der Waals surface area contributed by atoms with E-state index < -0.39 is 16.2 Å². The van der Waals surface area contributed by atoms with Crippen molar-refractivity contribution in [2.24, 2.45) is 10.4 Å². The Morgan fingerprint density at radius 1 is 0.562 bits per heavy atom. The van der Waals surface area contributed by atoms with Crippen LogP contribution < -0.4 is 0 Å². The lowest BCUT2D eigenvalue weighted by molar-refractivity contribution is 0.0885. The van der Waals surface area contributed by atoms with Crippen molar-refractivity contribution in [3.63, 3.8) is 0 Å². The molecule has 7 nitrogen and oxygen atoms in total. The Kier molecular flexibility index (Phi) is 13.2. The molecule has 0 aliphatic heterocycles. The van der Waals surface area contributed by atoms with Crippen LogP contribution in [0.4, 0.5) is 5.00 Å². The van der Waals surface area contributed by atoms with E-state index in [0.29, 0.717) is 29.5 Å². The number of carbonyl (C=O) groups is 1. The molecule has 7 aromatic carbocycles. The molecule has 0 radical (unpaired) electrons. The first-order valence-corrected chi connectivity index (χ1v) is 35.5. The minimum absolute atomic E-state index is 0.0252. The maximum absolute atomic E-state index is 14.0. The molecule has 0 saturated heterocycles. The van der Waals surface area contributed by atoms with Gasteiger partial charge in [0, 0.05) is 37.2 Å². The fourth-order valence-electron chi connectivity index (χ4n) is 14.3. The summed E-state index contributed by atoms with van der Waals surface area (Å²) in [5, 5.41) is 25.9. The van der Waals surface area contributed by atoms with Crippen LogP contribution in [0.2, 0.25) is 0 Å². The molecule has 0 spiro atoms. The summed E-state index contributed by atoms with van der Waals surface area (Å²) in [6.45, 7) is 12.6. The van der Waals surface area contributed by atoms with E-state index in [2.05, 4.69) is 180 Å². The monoisotopic (exact) mass is 1280 g/mol. The van der Waals surface area contributed by atoms with E-state index in [0.717, 1.165) is 44.5 Å². The van der Waals surface area contributed by atoms with Gasteiger partial charge in [0.25, 0.3) is 0 Å². The van der Waals surface area contributed by atoms with E-state index in [1.54, 1.807) is 51.8 Å². The van der Waals surface area contributed by atoms with Gasteiger partial charge in [-0.3, -0.25) is 4.79 Å². The van der Waals surface area contributed by atoms with Gasteiger partial charge in [-0.1, -0.05) is 178 Å². The van der Waals surface area contributed by atoms with Crippen LogP contribution in [0.5, 0.6) is 0 Å². The van der Waals surface area contributed by atoms with E-state index >= 15 is 0 Å². The van der Waals surface area contributed by atoms with Crippen LogP contribution in [0.15, 0.2) is 173 Å². The van der Waals surface area contributed by atoms with E-state index in [-0.39, 0.29) is 11.4 Å². The number of aryl methyl sites for hydroxylation is 5. The van der Waals surface area contributed by atoms with Crippen LogP contribution in [-0.4, -0.2) is 33.2 Å². The maximum atomic E-state index is 14.0. The summed E-state index contributed by atoms with van der Waals surface area (Å²) in [6, 6.07) is 63.5. The Bertz CT molecular complexity index is 5160. The number of thioether (sulfide) groups is 1. The summed E-state index contributed by atoms with van der Waals surface area (Å²) in [6.07, 6.45) is 4.76. The third-order valence-corrected chi connectivity index (χ3v) is 26.1. The Morgan fingerprint density at radius 3 is 1.73 bits per heavy atom. The number of fused-ring (bicyclic) bond motifs is 11. The first-order chi connectivity index (χ1) is 43.2. The van der Waals surface area contributed by atoms with E-state index in [4.69, 9.17) is 19.9 Å². The summed E-state index contributed by atoms with van der Waals surface area (Å²) in [4.78, 5) is 39.9. The zero-order valence-electron chi connectivity index (χ0n) is 49.5. The molecule has 3 aliphatic carbocycles. The fraction of sp³-hybridized carbons (Fsp3) is 0.160. The van der Waals surface area contributed by atoms with Crippen LogP contribution >= 0.6 is 79.8 Å². The number of ketones is 1. The van der Waals surface area contributed by atoms with Crippen molar-refractivity contribution >= 4 is 132 Å². The Balaban J connectivity index is 0.880. The SMILES string of the molecule is CSc1nc(-c2cc3sc4c(c3s2)C(c2ccc(C)cc2)(c2ccc(C)cc2)c2cc3c(cc2-4)C(c2ccc(C)cc2)(c2ccc(C)cc2)c2cc4sc(-c5nc6sc(C)nc6s5)cc4cc2-3)sc1N=CCCC1(C)C(=O)c2ccccc2C1=C(C#N)C#N. The number of carbonyl (C=O) groups excluding carboxylic acids is 1. The molecule has 430 valence electrons. The largest absolute Gasteiger partial charge is 0.293 e. The van der Waals surface area contributed by atoms with Gasteiger partial charge in [-0.15, -0.1) is 45.8 Å². The summed E-state index contributed by atoms with van der Waals surface area (Å²) in [5.41, 5.74) is 17.9. The molecule has 16 rings (SSSR count). The Morgan fingerprint density at radius 2 is 1.11 bits per heavy atom. The molecule has 0 fully saturated rings. The normalized spacial score (nSPS) is 15.9. The number of thiazole rings is 3. The molecule has 0 saturated carbocycles. The number of aromatic nitrogens is 3. The second-order valence-electron chi connectivity index (χ2n) is 23.8. The molecule has 89 heavy (non-hydrogen) atoms. The van der Waals surface area contributed by atoms with Crippen molar-refractivity contribution in [3.05, 3.63) is 246 Å². The number of benzene rings is 7. The lowest BCUT2D eigenvalue weighted by atomic mass is 9.65. The fourth-order valence-corrected chi connectivity index (χ4v) is 21.8. The molecule has 3 aliphatic rings. The highest BCUT2D eigenvalue weighted by Crippen LogP contribution is 2.67. The van der Waals surface area contributed by atoms with E-state index in [9.17, 15) is 15.3 Å². The number of thiophene rings is 3. The predicted molar refractivity (Wildman–Crippen MR) is 375 cm³/mol. The number of nitrogens with zero attached hydrogens (tertiary/aromatic N) is 6. The number of aliphatic imine (C=N–C) groups is 1. The van der Waals surface area contributed by atoms with Crippen LogP contribution in [0.3, 0.4) is 0 Å². The average Bonchev–Trinajstić information content (AvgIpc) is 1.51. The van der Waals surface area contributed by atoms with Gasteiger partial charge in [0.2, 0.25) is 0 Å². The van der Waals surface area contributed by atoms with Crippen molar-refractivity contribution in [2.75, 3.05) is 6.26 Å². The summed E-state index contributed by atoms with van der Waals surface area (Å²) in [5.74, 6) is -0.0766. The van der Waals surface area contributed by atoms with Gasteiger partial charge in [-0.25, -0.2) is 19.9 Å². The molecule has 1 atom stereocenters. The number of Topliss-reactive ketones (excluding diaryl/α,β-unsaturated/α-hetero) is 1. The Labute approximate surface area is 543 Å². The highest BCUT2D eigenvalue weighted by Gasteiger charge is 2.54. The quantitative estimate of drug-likeness (QED) is 0.0719. The molecule has 0 amide bonds. The van der Waals surface area contributed by atoms with Gasteiger partial charge in [0.1, 0.15) is 37.8 Å². The number of allylic oxidation sites excluding steroid dienone is 2. The van der Waals surface area contributed by atoms with Gasteiger partial charge in [0.05, 0.1) is 35.7 Å². The van der Waals surface area contributed by atoms with Gasteiger partial charge in [0.15, 0.2) is 15.4 Å². The topological polar surface area (TPSA) is 116 Å². The minimum atomic E-state index is -1.04. The van der Waals surface area contributed by atoms with Crippen LogP contribution in [0.1, 0.15) is 107 Å². The van der Waals surface area contributed by atoms with Gasteiger partial charge < -0.3 is 0 Å². The number of nitriles is 2. The molecule has 6 aromatic heterocycles. The van der Waals surface area contributed by atoms with Crippen LogP contribution in [0.25, 0.3) is 76.1 Å². The number of hydrogen-bond acceptors (Lipinski definition) is 14. The second kappa shape index (κ2) is 20.9. The molecule has 13 aromatic rings. The molecular formula is C75H52N6OS7. The van der Waals surface area contributed by atoms with Crippen molar-refractivity contribution in [2.45, 2.75) is 70.2 Å². The zero-order valence-corrected chi connectivity index (χ0v) is 55.2. The molecule has 1 unspecified atom stereocenters. The first kappa shape index (κ1) is 56.0. The third-order valence-electron chi connectivity index (χ3n) is 18.5. The summed E-state index contributed by atoms with van der Waals surface area (Å²) >= 11 is 12.0. The first-order valence-electron chi connectivity index (χ1n) is 29.4. The van der Waals surface area contributed by atoms with Crippen molar-refractivity contribution in [1.82, 2.24) is 15.0 Å². The number of rotatable bonds is 11. The lowest BCUT2D eigenvalue weighted by Crippen LogP contribution is -2.30. The minimum Gasteiger partial charge on any atom is -0.293 e. The third kappa shape index (κ3) is 8.31. The zero-order chi connectivity index (χ0) is 60.8. The van der Waals surface area contributed by atoms with Gasteiger partial charge >= 0.3 is 0 Å². The van der Waals surface area contributed by atoms with E-state index in [1.165, 1.54) is 108 Å². The van der Waals surface area contributed by atoms with Crippen molar-refractivity contribution < 1.29 is 4.79 Å². The summed E-state index contributed by atoms with van der Waals surface area (Å²) < 4.78 is 3.70. The van der Waals surface area contributed by atoms with Crippen LogP contribution in [0, 0.1) is 62.7 Å². The smallest absolute Gasteiger partial charge is 0.173 e. The van der Waals surface area contributed by atoms with E-state index in [1.807, 2.05) is 71.6 Å². The number of hydrogen-bond donors (Lipinski definition) is 0. The predicted octanol–water partition coefficient (Wildman–Crippen LogP) is 21.2. The molecule has 14 heteroatoms. The summed E-state index contributed by atoms with van der Waals surface area (Å²) in [7, 11) is 0. The highest BCUT2D eigenvalue weighted by molar-refractivity contribution is 7.98.